The van der Waals surface area contributed by atoms with Gasteiger partial charge in [0, 0.05) is 10.9 Å². The molecule has 0 bridgehead atoms. The first-order valence-electron chi connectivity index (χ1n) is 4.55. The fraction of sp³-hybridized carbons (Fsp3) is 0.273. The number of rotatable bonds is 3. The predicted molar refractivity (Wildman–Crippen MR) is 60.1 cm³/mol. The summed E-state index contributed by atoms with van der Waals surface area (Å²) >= 11 is 3.06. The van der Waals surface area contributed by atoms with E-state index in [2.05, 4.69) is 20.7 Å². The molecule has 0 saturated heterocycles. The second-order valence-corrected chi connectivity index (χ2v) is 3.66. The minimum atomic E-state index is -2.82. The Kier molecular flexibility index (Phi) is 4.58. The van der Waals surface area contributed by atoms with Gasteiger partial charge in [0.05, 0.1) is 18.2 Å². The first kappa shape index (κ1) is 13.6. The maximum atomic E-state index is 12.9. The molecule has 0 aromatic heterocycles. The number of methoxy groups -OCH3 is 1. The summed E-state index contributed by atoms with van der Waals surface area (Å²) in [5, 5.41) is 9.09. The number of hydrogen-bond acceptors (Lipinski definition) is 3. The van der Waals surface area contributed by atoms with E-state index in [-0.39, 0.29) is 22.0 Å². The van der Waals surface area contributed by atoms with Crippen molar-refractivity contribution in [2.75, 3.05) is 7.11 Å². The molecule has 0 aliphatic rings. The van der Waals surface area contributed by atoms with Gasteiger partial charge in [-0.25, -0.2) is 13.6 Å². The fourth-order valence-electron chi connectivity index (χ4n) is 1.43. The number of halogens is 3. The Hall–Kier alpha value is -1.48. The summed E-state index contributed by atoms with van der Waals surface area (Å²) in [6.07, 6.45) is -2.82. The van der Waals surface area contributed by atoms with E-state index in [1.807, 2.05) is 0 Å². The van der Waals surface area contributed by atoms with E-state index in [0.717, 1.165) is 7.11 Å². The molecule has 0 atom stereocenters. The first-order valence-corrected chi connectivity index (χ1v) is 5.67. The minimum Gasteiger partial charge on any atom is -0.465 e. The van der Waals surface area contributed by atoms with Gasteiger partial charge in [-0.2, -0.15) is 5.26 Å². The molecule has 17 heavy (non-hydrogen) atoms. The second kappa shape index (κ2) is 5.73. The van der Waals surface area contributed by atoms with E-state index < -0.39 is 18.0 Å². The van der Waals surface area contributed by atoms with Crippen LogP contribution in [0.25, 0.3) is 0 Å². The van der Waals surface area contributed by atoms with Crippen LogP contribution in [0.2, 0.25) is 0 Å². The number of alkyl halides is 3. The Labute approximate surface area is 105 Å². The van der Waals surface area contributed by atoms with Gasteiger partial charge in [0.25, 0.3) is 6.43 Å². The lowest BCUT2D eigenvalue weighted by Crippen LogP contribution is -2.08. The Bertz CT molecular complexity index is 483. The number of carbonyl (C=O) groups is 1. The summed E-state index contributed by atoms with van der Waals surface area (Å²) in [5.41, 5.74) is -0.615. The van der Waals surface area contributed by atoms with E-state index in [1.165, 1.54) is 12.1 Å². The molecule has 0 amide bonds. The van der Waals surface area contributed by atoms with Crippen LogP contribution in [0.1, 0.15) is 33.5 Å². The number of benzene rings is 1. The molecule has 0 saturated carbocycles. The first-order chi connectivity index (χ1) is 8.06. The molecule has 0 aliphatic heterocycles. The van der Waals surface area contributed by atoms with Gasteiger partial charge >= 0.3 is 5.97 Å². The predicted octanol–water partition coefficient (Wildman–Crippen LogP) is 3.18. The Morgan fingerprint density at radius 2 is 2.24 bits per heavy atom. The van der Waals surface area contributed by atoms with Gasteiger partial charge in [-0.05, 0) is 11.6 Å². The summed E-state index contributed by atoms with van der Waals surface area (Å²) in [5.74, 6) is -0.801. The van der Waals surface area contributed by atoms with Crippen molar-refractivity contribution in [3.63, 3.8) is 0 Å². The average molecular weight is 304 g/mol. The van der Waals surface area contributed by atoms with Gasteiger partial charge in [0.15, 0.2) is 0 Å². The molecular weight excluding hydrogens is 296 g/mol. The van der Waals surface area contributed by atoms with Crippen LogP contribution in [0.5, 0.6) is 0 Å². The van der Waals surface area contributed by atoms with Crippen molar-refractivity contribution in [2.24, 2.45) is 0 Å². The van der Waals surface area contributed by atoms with Crippen LogP contribution in [0, 0.1) is 11.3 Å². The van der Waals surface area contributed by atoms with E-state index in [1.54, 1.807) is 6.07 Å². The lowest BCUT2D eigenvalue weighted by Gasteiger charge is -2.11. The summed E-state index contributed by atoms with van der Waals surface area (Å²) in [6.45, 7) is 0. The van der Waals surface area contributed by atoms with Crippen molar-refractivity contribution in [1.29, 1.82) is 5.26 Å². The third-order valence-electron chi connectivity index (χ3n) is 2.22. The van der Waals surface area contributed by atoms with Crippen LogP contribution in [-0.2, 0) is 10.1 Å². The molecule has 1 rings (SSSR count). The molecule has 0 fully saturated rings. The van der Waals surface area contributed by atoms with Crippen LogP contribution < -0.4 is 0 Å². The van der Waals surface area contributed by atoms with Crippen molar-refractivity contribution >= 4 is 21.9 Å². The number of nitriles is 1. The summed E-state index contributed by atoms with van der Waals surface area (Å²) in [4.78, 5) is 11.3. The van der Waals surface area contributed by atoms with Crippen molar-refractivity contribution in [3.8, 4) is 6.07 Å². The summed E-state index contributed by atoms with van der Waals surface area (Å²) in [6, 6.07) is 4.32. The van der Waals surface area contributed by atoms with Gasteiger partial charge < -0.3 is 4.74 Å². The molecule has 0 N–H and O–H groups in total. The molecule has 1 aromatic carbocycles. The second-order valence-electron chi connectivity index (χ2n) is 3.10. The van der Waals surface area contributed by atoms with Gasteiger partial charge in [-0.1, -0.05) is 22.0 Å². The molecule has 0 spiro atoms. The van der Waals surface area contributed by atoms with Crippen molar-refractivity contribution in [2.45, 2.75) is 11.8 Å². The highest BCUT2D eigenvalue weighted by molar-refractivity contribution is 9.08. The van der Waals surface area contributed by atoms with E-state index in [0.29, 0.717) is 0 Å². The lowest BCUT2D eigenvalue weighted by molar-refractivity contribution is 0.0600. The molecule has 6 heteroatoms. The van der Waals surface area contributed by atoms with Gasteiger partial charge in [-0.3, -0.25) is 0 Å². The third kappa shape index (κ3) is 2.61. The smallest absolute Gasteiger partial charge is 0.339 e. The highest BCUT2D eigenvalue weighted by atomic mass is 79.9. The monoisotopic (exact) mass is 303 g/mol. The lowest BCUT2D eigenvalue weighted by atomic mass is 9.97. The summed E-state index contributed by atoms with van der Waals surface area (Å²) in [7, 11) is 1.13. The molecule has 0 radical (unpaired) electrons. The van der Waals surface area contributed by atoms with Crippen LogP contribution >= 0.6 is 15.9 Å². The SMILES string of the molecule is COC(=O)c1ccc(CBr)c(C(F)F)c1C#N. The summed E-state index contributed by atoms with van der Waals surface area (Å²) < 4.78 is 30.2. The largest absolute Gasteiger partial charge is 0.465 e. The zero-order valence-electron chi connectivity index (χ0n) is 8.84. The highest BCUT2D eigenvalue weighted by Gasteiger charge is 2.23. The van der Waals surface area contributed by atoms with Crippen molar-refractivity contribution in [3.05, 3.63) is 34.4 Å². The van der Waals surface area contributed by atoms with E-state index in [4.69, 9.17) is 5.26 Å². The molecule has 0 aliphatic carbocycles. The van der Waals surface area contributed by atoms with E-state index >= 15 is 0 Å². The van der Waals surface area contributed by atoms with Crippen LogP contribution in [-0.4, -0.2) is 13.1 Å². The molecule has 0 unspecified atom stereocenters. The van der Waals surface area contributed by atoms with Gasteiger partial charge in [0.1, 0.15) is 6.07 Å². The topological polar surface area (TPSA) is 50.1 Å². The number of ether oxygens (including phenoxy) is 1. The number of esters is 1. The number of carbonyl (C=O) groups excluding carboxylic acids is 1. The Morgan fingerprint density at radius 3 is 2.65 bits per heavy atom. The molecule has 90 valence electrons. The zero-order chi connectivity index (χ0) is 13.0. The third-order valence-corrected chi connectivity index (χ3v) is 2.82. The standard InChI is InChI=1S/C11H8BrF2NO2/c1-17-11(16)7-3-2-6(4-12)9(10(13)14)8(7)5-15/h2-3,10H,4H2,1H3. The Morgan fingerprint density at radius 1 is 1.59 bits per heavy atom. The zero-order valence-corrected chi connectivity index (χ0v) is 10.4. The van der Waals surface area contributed by atoms with Crippen LogP contribution in [0.15, 0.2) is 12.1 Å². The number of hydrogen-bond donors (Lipinski definition) is 0. The number of nitrogens with zero attached hydrogens (tertiary/aromatic N) is 1. The molecule has 0 heterocycles. The van der Waals surface area contributed by atoms with E-state index in [9.17, 15) is 13.6 Å². The van der Waals surface area contributed by atoms with Gasteiger partial charge in [-0.15, -0.1) is 0 Å². The quantitative estimate of drug-likeness (QED) is 0.636. The van der Waals surface area contributed by atoms with Crippen molar-refractivity contribution < 1.29 is 18.3 Å². The van der Waals surface area contributed by atoms with Crippen LogP contribution in [0.4, 0.5) is 8.78 Å². The van der Waals surface area contributed by atoms with Crippen LogP contribution in [0.3, 0.4) is 0 Å². The Balaban J connectivity index is 3.53. The average Bonchev–Trinajstić information content (AvgIpc) is 2.35. The maximum absolute atomic E-state index is 12.9. The molecule has 3 nitrogen and oxygen atoms in total. The van der Waals surface area contributed by atoms with Crippen molar-refractivity contribution in [1.82, 2.24) is 0 Å². The maximum Gasteiger partial charge on any atom is 0.339 e. The fourth-order valence-corrected chi connectivity index (χ4v) is 1.92. The normalized spacial score (nSPS) is 10.1. The molecule has 1 aromatic rings. The van der Waals surface area contributed by atoms with Gasteiger partial charge in [0.2, 0.25) is 0 Å². The molecular formula is C11H8BrF2NO2. The highest BCUT2D eigenvalue weighted by Crippen LogP contribution is 2.30. The minimum absolute atomic E-state index is 0.144.